The van der Waals surface area contributed by atoms with Crippen molar-refractivity contribution in [3.63, 3.8) is 0 Å². The molecule has 1 aliphatic rings. The molecule has 6 nitrogen and oxygen atoms in total. The van der Waals surface area contributed by atoms with Gasteiger partial charge in [-0.05, 0) is 44.0 Å². The summed E-state index contributed by atoms with van der Waals surface area (Å²) in [5.41, 5.74) is 7.68. The molecule has 0 bridgehead atoms. The van der Waals surface area contributed by atoms with Gasteiger partial charge < -0.3 is 15.1 Å². The molecule has 2 aromatic carbocycles. The average Bonchev–Trinajstić information content (AvgIpc) is 3.32. The number of rotatable bonds is 6. The second-order valence-corrected chi connectivity index (χ2v) is 9.86. The summed E-state index contributed by atoms with van der Waals surface area (Å²) < 4.78 is 16.3. The number of nitrogens with one attached hydrogen (secondary N) is 1. The third-order valence-electron chi connectivity index (χ3n) is 6.98. The number of aromatic nitrogens is 3. The molecule has 0 atom stereocenters. The van der Waals surface area contributed by atoms with Gasteiger partial charge in [-0.15, -0.1) is 0 Å². The average molecular weight is 517 g/mol. The molecule has 1 N–H and O–H groups in total. The quantitative estimate of drug-likeness (QED) is 0.310. The lowest BCUT2D eigenvalue weighted by atomic mass is 10.0. The molecule has 0 radical (unpaired) electrons. The summed E-state index contributed by atoms with van der Waals surface area (Å²) >= 11 is 6.33. The monoisotopic (exact) mass is 516 g/mol. The van der Waals surface area contributed by atoms with E-state index < -0.39 is 5.82 Å². The fourth-order valence-corrected chi connectivity index (χ4v) is 5.09. The Morgan fingerprint density at radius 3 is 2.43 bits per heavy atom. The first-order valence-electron chi connectivity index (χ1n) is 12.2. The van der Waals surface area contributed by atoms with Crippen LogP contribution in [0.25, 0.3) is 22.6 Å². The van der Waals surface area contributed by atoms with E-state index in [0.717, 1.165) is 54.4 Å². The third kappa shape index (κ3) is 4.67. The van der Waals surface area contributed by atoms with Crippen molar-refractivity contribution in [2.24, 2.45) is 0 Å². The Kier molecular flexibility index (Phi) is 6.65. The van der Waals surface area contributed by atoms with Gasteiger partial charge in [-0.25, -0.2) is 14.4 Å². The first-order valence-corrected chi connectivity index (χ1v) is 12.6. The minimum absolute atomic E-state index is 0.0839. The number of benzene rings is 2. The first kappa shape index (κ1) is 24.8. The van der Waals surface area contributed by atoms with E-state index >= 15 is 0 Å². The van der Waals surface area contributed by atoms with Gasteiger partial charge in [0.2, 0.25) is 0 Å². The van der Waals surface area contributed by atoms with Gasteiger partial charge >= 0.3 is 0 Å². The fourth-order valence-electron chi connectivity index (χ4n) is 4.78. The van der Waals surface area contributed by atoms with Gasteiger partial charge in [-0.3, -0.25) is 4.40 Å². The third-order valence-corrected chi connectivity index (χ3v) is 7.35. The summed E-state index contributed by atoms with van der Waals surface area (Å²) in [6.07, 6.45) is 5.17. The number of imidazole rings is 1. The second kappa shape index (κ2) is 9.90. The topological polar surface area (TPSA) is 48.7 Å². The van der Waals surface area contributed by atoms with Gasteiger partial charge in [-0.1, -0.05) is 43.0 Å². The number of nitrogens with zero attached hydrogens (tertiary/aromatic N) is 5. The Hall–Kier alpha value is -3.84. The lowest BCUT2D eigenvalue weighted by Gasteiger charge is -2.38. The molecular formula is C29H30ClFN6. The molecule has 37 heavy (non-hydrogen) atoms. The predicted molar refractivity (Wildman–Crippen MR) is 150 cm³/mol. The van der Waals surface area contributed by atoms with E-state index in [2.05, 4.69) is 64.2 Å². The zero-order valence-corrected chi connectivity index (χ0v) is 22.1. The number of allylic oxidation sites excluding steroid dienone is 1. The van der Waals surface area contributed by atoms with E-state index in [0.29, 0.717) is 28.3 Å². The highest BCUT2D eigenvalue weighted by Gasteiger charge is 2.20. The number of anilines is 2. The molecule has 0 unspecified atom stereocenters. The van der Waals surface area contributed by atoms with Gasteiger partial charge in [0.15, 0.2) is 11.5 Å². The smallest absolute Gasteiger partial charge is 0.180 e. The summed E-state index contributed by atoms with van der Waals surface area (Å²) in [7, 11) is 0. The van der Waals surface area contributed by atoms with Crippen LogP contribution < -0.4 is 5.32 Å². The molecule has 0 saturated carbocycles. The van der Waals surface area contributed by atoms with E-state index in [1.54, 1.807) is 31.6 Å². The number of piperazine rings is 1. The number of fused-ring (bicyclic) bond motifs is 1. The van der Waals surface area contributed by atoms with Crippen molar-refractivity contribution in [1.82, 2.24) is 24.2 Å². The van der Waals surface area contributed by atoms with Crippen molar-refractivity contribution in [1.29, 1.82) is 0 Å². The van der Waals surface area contributed by atoms with Crippen LogP contribution in [-0.4, -0.2) is 50.3 Å². The van der Waals surface area contributed by atoms with Crippen molar-refractivity contribution in [2.45, 2.75) is 20.8 Å². The van der Waals surface area contributed by atoms with E-state index in [9.17, 15) is 4.39 Å². The summed E-state index contributed by atoms with van der Waals surface area (Å²) in [5.74, 6) is 0.177. The van der Waals surface area contributed by atoms with Crippen molar-refractivity contribution in [2.75, 3.05) is 31.5 Å². The number of halogens is 2. The first-order chi connectivity index (χ1) is 17.7. The van der Waals surface area contributed by atoms with Crippen LogP contribution in [0.3, 0.4) is 0 Å². The fraction of sp³-hybridized carbons (Fsp3) is 0.241. The van der Waals surface area contributed by atoms with E-state index in [1.807, 2.05) is 16.5 Å². The summed E-state index contributed by atoms with van der Waals surface area (Å²) in [5, 5.41) is 3.47. The number of hydrogen-bond acceptors (Lipinski definition) is 5. The molecule has 3 heterocycles. The maximum atomic E-state index is 14.4. The molecule has 0 aliphatic carbocycles. The minimum atomic E-state index is -0.420. The molecule has 1 fully saturated rings. The second-order valence-electron chi connectivity index (χ2n) is 9.48. The molecule has 5 rings (SSSR count). The van der Waals surface area contributed by atoms with Crippen LogP contribution in [0, 0.1) is 19.7 Å². The highest BCUT2D eigenvalue weighted by molar-refractivity contribution is 6.33. The van der Waals surface area contributed by atoms with Crippen LogP contribution >= 0.6 is 11.6 Å². The van der Waals surface area contributed by atoms with Gasteiger partial charge in [-0.2, -0.15) is 0 Å². The molecule has 1 saturated heterocycles. The van der Waals surface area contributed by atoms with Gasteiger partial charge in [0, 0.05) is 66.8 Å². The van der Waals surface area contributed by atoms with Crippen LogP contribution in [0.15, 0.2) is 67.8 Å². The van der Waals surface area contributed by atoms with Gasteiger partial charge in [0.25, 0.3) is 0 Å². The van der Waals surface area contributed by atoms with E-state index in [-0.39, 0.29) is 5.02 Å². The van der Waals surface area contributed by atoms with Crippen molar-refractivity contribution in [3.8, 4) is 11.3 Å². The zero-order chi connectivity index (χ0) is 26.3. The van der Waals surface area contributed by atoms with Crippen molar-refractivity contribution in [3.05, 3.63) is 95.3 Å². The highest BCUT2D eigenvalue weighted by Crippen LogP contribution is 2.33. The van der Waals surface area contributed by atoms with Crippen LogP contribution in [0.1, 0.15) is 23.6 Å². The SMILES string of the molecule is C=C(C)N1CCN(C(=C)c2ccc(Nc3nccn4c(-c5ccc(C)c(F)c5Cl)cnc34)cc2C)CC1. The van der Waals surface area contributed by atoms with Crippen LogP contribution in [-0.2, 0) is 0 Å². The predicted octanol–water partition coefficient (Wildman–Crippen LogP) is 6.67. The summed E-state index contributed by atoms with van der Waals surface area (Å²) in [6, 6.07) is 9.74. The Labute approximate surface area is 221 Å². The molecule has 4 aromatic rings. The lowest BCUT2D eigenvalue weighted by molar-refractivity contribution is 0.214. The van der Waals surface area contributed by atoms with Gasteiger partial charge in [0.1, 0.15) is 5.82 Å². The molecule has 1 aliphatic heterocycles. The Morgan fingerprint density at radius 1 is 1.00 bits per heavy atom. The molecule has 190 valence electrons. The van der Waals surface area contributed by atoms with Crippen molar-refractivity contribution >= 4 is 34.5 Å². The van der Waals surface area contributed by atoms with E-state index in [4.69, 9.17) is 11.6 Å². The zero-order valence-electron chi connectivity index (χ0n) is 21.4. The lowest BCUT2D eigenvalue weighted by Crippen LogP contribution is -2.44. The Bertz CT molecular complexity index is 1520. The summed E-state index contributed by atoms with van der Waals surface area (Å²) in [6.45, 7) is 18.0. The maximum absolute atomic E-state index is 14.4. The minimum Gasteiger partial charge on any atom is -0.372 e. The molecule has 0 amide bonds. The Balaban J connectivity index is 1.38. The summed E-state index contributed by atoms with van der Waals surface area (Å²) in [4.78, 5) is 13.7. The molecule has 8 heteroatoms. The normalized spacial score (nSPS) is 13.8. The van der Waals surface area contributed by atoms with Gasteiger partial charge in [0.05, 0.1) is 16.9 Å². The number of aryl methyl sites for hydroxylation is 2. The number of hydrogen-bond donors (Lipinski definition) is 1. The molecule has 0 spiro atoms. The molecule has 2 aromatic heterocycles. The standard InChI is InChI=1S/C29H30ClFN6/c1-18(2)35-12-14-36(15-13-35)21(5)23-9-7-22(16-20(23)4)34-28-29-33-17-25(37(29)11-10-32-28)24-8-6-19(3)27(31)26(24)30/h6-11,16-17H,1,5,12-15H2,2-4H3,(H,32,34). The maximum Gasteiger partial charge on any atom is 0.180 e. The van der Waals surface area contributed by atoms with Crippen LogP contribution in [0.2, 0.25) is 5.02 Å². The Morgan fingerprint density at radius 2 is 1.73 bits per heavy atom. The van der Waals surface area contributed by atoms with Crippen LogP contribution in [0.4, 0.5) is 15.9 Å². The largest absolute Gasteiger partial charge is 0.372 e. The van der Waals surface area contributed by atoms with Crippen molar-refractivity contribution < 1.29 is 4.39 Å². The van der Waals surface area contributed by atoms with Crippen LogP contribution in [0.5, 0.6) is 0 Å². The highest BCUT2D eigenvalue weighted by atomic mass is 35.5. The molecular weight excluding hydrogens is 487 g/mol. The van der Waals surface area contributed by atoms with E-state index in [1.165, 1.54) is 0 Å².